The van der Waals surface area contributed by atoms with Gasteiger partial charge in [0, 0.05) is 5.92 Å². The standard InChI is InChI=1S/C27H23ClN2O5/c1-2-7-23(25(31)29-24-14-16(26(32)33)12-13-22(24)28)30-27(34)35-15-21-19-10-5-3-8-17(19)18-9-4-6-11-20(18)21/h2-6,8-14,21,23H,1,7,15H2,(H,29,31)(H,30,34)(H,32,33). The highest BCUT2D eigenvalue weighted by atomic mass is 35.5. The Kier molecular flexibility index (Phi) is 7.17. The van der Waals surface area contributed by atoms with Gasteiger partial charge in [-0.05, 0) is 46.9 Å². The molecule has 3 N–H and O–H groups in total. The first kappa shape index (κ1) is 24.0. The topological polar surface area (TPSA) is 105 Å². The lowest BCUT2D eigenvalue weighted by molar-refractivity contribution is -0.118. The Labute approximate surface area is 207 Å². The second-order valence-corrected chi connectivity index (χ2v) is 8.44. The molecular formula is C27H23ClN2O5. The highest BCUT2D eigenvalue weighted by Crippen LogP contribution is 2.44. The van der Waals surface area contributed by atoms with E-state index in [2.05, 4.69) is 17.2 Å². The van der Waals surface area contributed by atoms with Crippen LogP contribution in [0.5, 0.6) is 0 Å². The number of hydrogen-bond donors (Lipinski definition) is 3. The number of carboxylic acid groups (broad SMARTS) is 1. The number of rotatable bonds is 8. The maximum absolute atomic E-state index is 12.8. The molecule has 0 saturated heterocycles. The van der Waals surface area contributed by atoms with Gasteiger partial charge < -0.3 is 20.5 Å². The van der Waals surface area contributed by atoms with Crippen LogP contribution in [0.15, 0.2) is 79.4 Å². The molecule has 0 bridgehead atoms. The number of hydrogen-bond acceptors (Lipinski definition) is 4. The zero-order valence-corrected chi connectivity index (χ0v) is 19.4. The number of carbonyl (C=O) groups excluding carboxylic acids is 2. The molecule has 8 heteroatoms. The minimum Gasteiger partial charge on any atom is -0.478 e. The first-order valence-corrected chi connectivity index (χ1v) is 11.3. The third-order valence-corrected chi connectivity index (χ3v) is 6.16. The van der Waals surface area contributed by atoms with Gasteiger partial charge >= 0.3 is 12.1 Å². The fourth-order valence-corrected chi connectivity index (χ4v) is 4.32. The van der Waals surface area contributed by atoms with E-state index in [1.165, 1.54) is 24.3 Å². The van der Waals surface area contributed by atoms with Crippen molar-refractivity contribution in [2.75, 3.05) is 11.9 Å². The van der Waals surface area contributed by atoms with Crippen LogP contribution in [0.1, 0.15) is 33.8 Å². The van der Waals surface area contributed by atoms with E-state index < -0.39 is 24.0 Å². The van der Waals surface area contributed by atoms with Gasteiger partial charge in [0.15, 0.2) is 0 Å². The number of aromatic carboxylic acids is 1. The van der Waals surface area contributed by atoms with Crippen molar-refractivity contribution in [1.82, 2.24) is 5.32 Å². The van der Waals surface area contributed by atoms with Crippen molar-refractivity contribution in [1.29, 1.82) is 0 Å². The van der Waals surface area contributed by atoms with Crippen LogP contribution in [-0.2, 0) is 9.53 Å². The zero-order valence-electron chi connectivity index (χ0n) is 18.7. The lowest BCUT2D eigenvalue weighted by Gasteiger charge is -2.19. The summed E-state index contributed by atoms with van der Waals surface area (Å²) in [5.74, 6) is -1.85. The monoisotopic (exact) mass is 490 g/mol. The maximum atomic E-state index is 12.8. The van der Waals surface area contributed by atoms with E-state index in [9.17, 15) is 19.5 Å². The van der Waals surface area contributed by atoms with Crippen LogP contribution in [0.2, 0.25) is 5.02 Å². The Morgan fingerprint density at radius 1 is 1.03 bits per heavy atom. The van der Waals surface area contributed by atoms with Crippen molar-refractivity contribution >= 4 is 35.3 Å². The highest BCUT2D eigenvalue weighted by molar-refractivity contribution is 6.34. The SMILES string of the molecule is C=CCC(NC(=O)OCC1c2ccccc2-c2ccccc21)C(=O)Nc1cc(C(=O)O)ccc1Cl. The molecule has 0 aromatic heterocycles. The van der Waals surface area contributed by atoms with Gasteiger partial charge in [0.1, 0.15) is 12.6 Å². The van der Waals surface area contributed by atoms with Gasteiger partial charge in [0.05, 0.1) is 16.3 Å². The minimum atomic E-state index is -1.16. The Morgan fingerprint density at radius 2 is 1.66 bits per heavy atom. The number of carboxylic acids is 1. The van der Waals surface area contributed by atoms with Gasteiger partial charge in [-0.2, -0.15) is 0 Å². The van der Waals surface area contributed by atoms with Crippen LogP contribution < -0.4 is 10.6 Å². The largest absolute Gasteiger partial charge is 0.478 e. The van der Waals surface area contributed by atoms with Crippen molar-refractivity contribution in [2.45, 2.75) is 18.4 Å². The lowest BCUT2D eigenvalue weighted by Crippen LogP contribution is -2.44. The van der Waals surface area contributed by atoms with Gasteiger partial charge in [-0.25, -0.2) is 9.59 Å². The first-order chi connectivity index (χ1) is 16.9. The fraction of sp³-hybridized carbons (Fsp3) is 0.148. The molecule has 1 atom stereocenters. The normalized spacial score (nSPS) is 12.7. The molecule has 0 aliphatic heterocycles. The summed E-state index contributed by atoms with van der Waals surface area (Å²) >= 11 is 6.10. The van der Waals surface area contributed by atoms with E-state index in [0.717, 1.165) is 22.3 Å². The number of alkyl carbamates (subject to hydrolysis) is 1. The number of amides is 2. The third kappa shape index (κ3) is 5.20. The molecule has 2 amide bonds. The van der Waals surface area contributed by atoms with Gasteiger partial charge in [0.2, 0.25) is 5.91 Å². The Bertz CT molecular complexity index is 1260. The van der Waals surface area contributed by atoms with Crippen molar-refractivity contribution in [3.05, 3.63) is 101 Å². The average molecular weight is 491 g/mol. The predicted octanol–water partition coefficient (Wildman–Crippen LogP) is 5.46. The van der Waals surface area contributed by atoms with Crippen LogP contribution in [0.4, 0.5) is 10.5 Å². The molecule has 35 heavy (non-hydrogen) atoms. The van der Waals surface area contributed by atoms with E-state index >= 15 is 0 Å². The van der Waals surface area contributed by atoms with Crippen LogP contribution >= 0.6 is 11.6 Å². The smallest absolute Gasteiger partial charge is 0.407 e. The number of halogens is 1. The molecule has 0 spiro atoms. The van der Waals surface area contributed by atoms with E-state index in [4.69, 9.17) is 16.3 Å². The zero-order chi connectivity index (χ0) is 24.9. The average Bonchev–Trinajstić information content (AvgIpc) is 3.17. The number of ether oxygens (including phenoxy) is 1. The molecule has 1 unspecified atom stereocenters. The van der Waals surface area contributed by atoms with Crippen LogP contribution in [0, 0.1) is 0 Å². The molecule has 0 fully saturated rings. The number of nitrogens with one attached hydrogen (secondary N) is 2. The molecule has 178 valence electrons. The van der Waals surface area contributed by atoms with Crippen molar-refractivity contribution < 1.29 is 24.2 Å². The number of carbonyl (C=O) groups is 3. The van der Waals surface area contributed by atoms with Crippen molar-refractivity contribution in [3.63, 3.8) is 0 Å². The molecule has 0 radical (unpaired) electrons. The van der Waals surface area contributed by atoms with Gasteiger partial charge in [-0.15, -0.1) is 6.58 Å². The first-order valence-electron chi connectivity index (χ1n) is 10.9. The van der Waals surface area contributed by atoms with E-state index in [1.54, 1.807) is 0 Å². The Morgan fingerprint density at radius 3 is 2.26 bits per heavy atom. The second kappa shape index (κ2) is 10.4. The molecule has 1 aliphatic rings. The summed E-state index contributed by atoms with van der Waals surface area (Å²) < 4.78 is 5.52. The van der Waals surface area contributed by atoms with Gasteiger partial charge in [0.25, 0.3) is 0 Å². The summed E-state index contributed by atoms with van der Waals surface area (Å²) in [5, 5.41) is 14.5. The van der Waals surface area contributed by atoms with E-state index in [0.29, 0.717) is 0 Å². The lowest BCUT2D eigenvalue weighted by atomic mass is 9.98. The molecule has 0 heterocycles. The molecular weight excluding hydrogens is 468 g/mol. The predicted molar refractivity (Wildman–Crippen MR) is 134 cm³/mol. The van der Waals surface area contributed by atoms with Crippen LogP contribution in [0.3, 0.4) is 0 Å². The number of benzene rings is 3. The van der Waals surface area contributed by atoms with E-state index in [-0.39, 0.29) is 35.2 Å². The molecule has 3 aromatic carbocycles. The fourth-order valence-electron chi connectivity index (χ4n) is 4.15. The van der Waals surface area contributed by atoms with Crippen LogP contribution in [0.25, 0.3) is 11.1 Å². The van der Waals surface area contributed by atoms with Crippen molar-refractivity contribution in [2.24, 2.45) is 0 Å². The minimum absolute atomic E-state index is 0.0329. The summed E-state index contributed by atoms with van der Waals surface area (Å²) in [7, 11) is 0. The summed E-state index contributed by atoms with van der Waals surface area (Å²) in [6.07, 6.45) is 0.870. The molecule has 0 saturated carbocycles. The summed E-state index contributed by atoms with van der Waals surface area (Å²) in [6, 6.07) is 18.9. The second-order valence-electron chi connectivity index (χ2n) is 8.04. The quantitative estimate of drug-likeness (QED) is 0.364. The van der Waals surface area contributed by atoms with Crippen LogP contribution in [-0.4, -0.2) is 35.7 Å². The Hall–Kier alpha value is -4.10. The highest BCUT2D eigenvalue weighted by Gasteiger charge is 2.29. The Balaban J connectivity index is 1.43. The summed E-state index contributed by atoms with van der Waals surface area (Å²) in [6.45, 7) is 3.74. The third-order valence-electron chi connectivity index (χ3n) is 5.83. The molecule has 4 rings (SSSR count). The molecule has 1 aliphatic carbocycles. The maximum Gasteiger partial charge on any atom is 0.407 e. The van der Waals surface area contributed by atoms with Crippen molar-refractivity contribution in [3.8, 4) is 11.1 Å². The number of fused-ring (bicyclic) bond motifs is 3. The number of anilines is 1. The summed E-state index contributed by atoms with van der Waals surface area (Å²) in [4.78, 5) is 36.7. The summed E-state index contributed by atoms with van der Waals surface area (Å²) in [5.41, 5.74) is 4.47. The molecule has 7 nitrogen and oxygen atoms in total. The molecule has 3 aromatic rings. The van der Waals surface area contributed by atoms with Gasteiger partial charge in [-0.1, -0.05) is 66.2 Å². The van der Waals surface area contributed by atoms with E-state index in [1.807, 2.05) is 48.5 Å². The van der Waals surface area contributed by atoms with Gasteiger partial charge in [-0.3, -0.25) is 4.79 Å².